The number of nitrogens with one attached hydrogen (secondary N) is 1. The van der Waals surface area contributed by atoms with Gasteiger partial charge in [0, 0.05) is 11.7 Å². The van der Waals surface area contributed by atoms with E-state index in [0.717, 1.165) is 12.1 Å². The van der Waals surface area contributed by atoms with Crippen molar-refractivity contribution < 1.29 is 23.1 Å². The third kappa shape index (κ3) is 3.63. The molecule has 2 atom stereocenters. The molecule has 2 unspecified atom stereocenters. The zero-order valence-electron chi connectivity index (χ0n) is 10.8. The molecule has 7 heteroatoms. The maximum Gasteiger partial charge on any atom is 0.417 e. The molecule has 0 aliphatic carbocycles. The maximum atomic E-state index is 12.6. The van der Waals surface area contributed by atoms with Crippen LogP contribution in [0, 0.1) is 17.2 Å². The van der Waals surface area contributed by atoms with Crippen LogP contribution in [0.15, 0.2) is 18.2 Å². The summed E-state index contributed by atoms with van der Waals surface area (Å²) >= 11 is 0. The number of nitrogens with zero attached hydrogens (tertiary/aromatic N) is 1. The minimum absolute atomic E-state index is 0.273. The van der Waals surface area contributed by atoms with Crippen molar-refractivity contribution in [2.24, 2.45) is 5.92 Å². The third-order valence-electron chi connectivity index (χ3n) is 2.98. The van der Waals surface area contributed by atoms with Gasteiger partial charge in [0.15, 0.2) is 0 Å². The fourth-order valence-electron chi connectivity index (χ4n) is 1.58. The molecular weight excluding hydrogens is 273 g/mol. The number of aliphatic carboxylic acids is 1. The molecule has 0 fully saturated rings. The van der Waals surface area contributed by atoms with Crippen LogP contribution in [0.4, 0.5) is 18.9 Å². The van der Waals surface area contributed by atoms with Crippen LogP contribution < -0.4 is 5.32 Å². The average molecular weight is 286 g/mol. The van der Waals surface area contributed by atoms with Crippen molar-refractivity contribution in [3.05, 3.63) is 29.3 Å². The van der Waals surface area contributed by atoms with Crippen molar-refractivity contribution in [3.8, 4) is 6.07 Å². The Labute approximate surface area is 113 Å². The first-order chi connectivity index (χ1) is 9.16. The largest absolute Gasteiger partial charge is 0.481 e. The Kier molecular flexibility index (Phi) is 4.61. The topological polar surface area (TPSA) is 73.1 Å². The van der Waals surface area contributed by atoms with Crippen molar-refractivity contribution >= 4 is 11.7 Å². The molecular formula is C13H13F3N2O2. The van der Waals surface area contributed by atoms with Gasteiger partial charge in [-0.15, -0.1) is 0 Å². The highest BCUT2D eigenvalue weighted by atomic mass is 19.4. The van der Waals surface area contributed by atoms with E-state index in [1.54, 1.807) is 6.92 Å². The molecule has 0 saturated carbocycles. The van der Waals surface area contributed by atoms with Crippen LogP contribution in [-0.2, 0) is 11.0 Å². The summed E-state index contributed by atoms with van der Waals surface area (Å²) < 4.78 is 37.8. The molecule has 108 valence electrons. The number of nitriles is 1. The van der Waals surface area contributed by atoms with Gasteiger partial charge in [-0.05, 0) is 32.0 Å². The minimum Gasteiger partial charge on any atom is -0.481 e. The van der Waals surface area contributed by atoms with Crippen LogP contribution in [-0.4, -0.2) is 17.1 Å². The molecule has 0 bridgehead atoms. The van der Waals surface area contributed by atoms with Crippen LogP contribution in [0.2, 0.25) is 0 Å². The smallest absolute Gasteiger partial charge is 0.417 e. The quantitative estimate of drug-likeness (QED) is 0.892. The molecule has 20 heavy (non-hydrogen) atoms. The van der Waals surface area contributed by atoms with E-state index in [-0.39, 0.29) is 5.69 Å². The van der Waals surface area contributed by atoms with Gasteiger partial charge in [0.05, 0.1) is 23.1 Å². The zero-order chi connectivity index (χ0) is 15.5. The lowest BCUT2D eigenvalue weighted by Crippen LogP contribution is -2.29. The van der Waals surface area contributed by atoms with Crippen molar-refractivity contribution in [1.82, 2.24) is 0 Å². The van der Waals surface area contributed by atoms with Gasteiger partial charge in [-0.1, -0.05) is 0 Å². The number of hydrogen-bond acceptors (Lipinski definition) is 3. The number of rotatable bonds is 4. The Morgan fingerprint density at radius 1 is 1.40 bits per heavy atom. The highest BCUT2D eigenvalue weighted by Gasteiger charge is 2.33. The maximum absolute atomic E-state index is 12.6. The van der Waals surface area contributed by atoms with E-state index in [4.69, 9.17) is 10.4 Å². The summed E-state index contributed by atoms with van der Waals surface area (Å²) in [5.74, 6) is -1.74. The minimum atomic E-state index is -4.59. The summed E-state index contributed by atoms with van der Waals surface area (Å²) in [6, 6.07) is 4.04. The lowest BCUT2D eigenvalue weighted by atomic mass is 10.0. The number of carbonyl (C=O) groups is 1. The van der Waals surface area contributed by atoms with Crippen molar-refractivity contribution in [1.29, 1.82) is 5.26 Å². The molecule has 1 aromatic carbocycles. The number of hydrogen-bond donors (Lipinski definition) is 2. The van der Waals surface area contributed by atoms with E-state index >= 15 is 0 Å². The molecule has 0 amide bonds. The van der Waals surface area contributed by atoms with Gasteiger partial charge in [-0.2, -0.15) is 18.4 Å². The first-order valence-corrected chi connectivity index (χ1v) is 5.77. The number of benzene rings is 1. The molecule has 4 nitrogen and oxygen atoms in total. The van der Waals surface area contributed by atoms with E-state index in [0.29, 0.717) is 0 Å². The second-order valence-corrected chi connectivity index (χ2v) is 4.43. The van der Waals surface area contributed by atoms with E-state index < -0.39 is 35.2 Å². The molecule has 0 aliphatic heterocycles. The summed E-state index contributed by atoms with van der Waals surface area (Å²) in [6.45, 7) is 3.08. The number of anilines is 1. The SMILES string of the molecule is CC(Nc1ccc(C(F)(F)F)c(C#N)c1)C(C)C(=O)O. The first kappa shape index (κ1) is 15.8. The van der Waals surface area contributed by atoms with Crippen molar-refractivity contribution in [3.63, 3.8) is 0 Å². The van der Waals surface area contributed by atoms with Gasteiger partial charge in [0.25, 0.3) is 0 Å². The Morgan fingerprint density at radius 2 is 2.00 bits per heavy atom. The number of carboxylic acid groups (broad SMARTS) is 1. The fourth-order valence-corrected chi connectivity index (χ4v) is 1.58. The summed E-state index contributed by atoms with van der Waals surface area (Å²) in [7, 11) is 0. The van der Waals surface area contributed by atoms with Gasteiger partial charge < -0.3 is 10.4 Å². The number of alkyl halides is 3. The summed E-state index contributed by atoms with van der Waals surface area (Å²) in [5.41, 5.74) is -1.24. The van der Waals surface area contributed by atoms with Crippen LogP contribution >= 0.6 is 0 Å². The van der Waals surface area contributed by atoms with Crippen molar-refractivity contribution in [2.75, 3.05) is 5.32 Å². The molecule has 2 N–H and O–H groups in total. The van der Waals surface area contributed by atoms with Crippen LogP contribution in [0.3, 0.4) is 0 Å². The Hall–Kier alpha value is -2.23. The summed E-state index contributed by atoms with van der Waals surface area (Å²) in [5, 5.41) is 20.4. The molecule has 0 radical (unpaired) electrons. The molecule has 0 spiro atoms. The van der Waals surface area contributed by atoms with E-state index in [9.17, 15) is 18.0 Å². The number of carboxylic acids is 1. The van der Waals surface area contributed by atoms with Gasteiger partial charge in [-0.25, -0.2) is 0 Å². The van der Waals surface area contributed by atoms with Gasteiger partial charge in [-0.3, -0.25) is 4.79 Å². The standard InChI is InChI=1S/C13H13F3N2O2/c1-7(12(19)20)8(2)18-10-3-4-11(13(14,15)16)9(5-10)6-17/h3-5,7-8,18H,1-2H3,(H,19,20). The van der Waals surface area contributed by atoms with Crippen LogP contribution in [0.25, 0.3) is 0 Å². The van der Waals surface area contributed by atoms with Gasteiger partial charge >= 0.3 is 12.1 Å². The predicted octanol–water partition coefficient (Wildman–Crippen LogP) is 3.10. The second kappa shape index (κ2) is 5.82. The van der Waals surface area contributed by atoms with E-state index in [1.807, 2.05) is 0 Å². The Bertz CT molecular complexity index is 550. The molecule has 1 rings (SSSR count). The third-order valence-corrected chi connectivity index (χ3v) is 2.98. The molecule has 0 heterocycles. The van der Waals surface area contributed by atoms with Crippen LogP contribution in [0.5, 0.6) is 0 Å². The molecule has 0 aromatic heterocycles. The highest BCUT2D eigenvalue weighted by molar-refractivity contribution is 5.71. The molecule has 0 aliphatic rings. The van der Waals surface area contributed by atoms with Crippen LogP contribution in [0.1, 0.15) is 25.0 Å². The Morgan fingerprint density at radius 3 is 2.45 bits per heavy atom. The highest BCUT2D eigenvalue weighted by Crippen LogP contribution is 2.33. The second-order valence-electron chi connectivity index (χ2n) is 4.43. The fraction of sp³-hybridized carbons (Fsp3) is 0.385. The molecule has 1 aromatic rings. The average Bonchev–Trinajstić information content (AvgIpc) is 2.36. The zero-order valence-corrected chi connectivity index (χ0v) is 10.8. The summed E-state index contributed by atoms with van der Waals surface area (Å²) in [6.07, 6.45) is -4.59. The monoisotopic (exact) mass is 286 g/mol. The van der Waals surface area contributed by atoms with E-state index in [1.165, 1.54) is 19.1 Å². The van der Waals surface area contributed by atoms with Gasteiger partial charge in [0.2, 0.25) is 0 Å². The Balaban J connectivity index is 3.01. The lowest BCUT2D eigenvalue weighted by molar-refractivity contribution is -0.141. The van der Waals surface area contributed by atoms with Crippen molar-refractivity contribution in [2.45, 2.75) is 26.1 Å². The molecule has 0 saturated heterocycles. The summed E-state index contributed by atoms with van der Waals surface area (Å²) in [4.78, 5) is 10.8. The normalized spacial score (nSPS) is 14.2. The van der Waals surface area contributed by atoms with Gasteiger partial charge in [0.1, 0.15) is 0 Å². The number of halogens is 3. The van der Waals surface area contributed by atoms with E-state index in [2.05, 4.69) is 5.32 Å². The first-order valence-electron chi connectivity index (χ1n) is 5.77. The predicted molar refractivity (Wildman–Crippen MR) is 66.0 cm³/mol. The lowest BCUT2D eigenvalue weighted by Gasteiger charge is -2.19.